The summed E-state index contributed by atoms with van der Waals surface area (Å²) in [5.74, 6) is 0.284. The number of rotatable bonds is 40. The molecule has 0 saturated carbocycles. The number of ether oxygens (including phenoxy) is 3. The van der Waals surface area contributed by atoms with Crippen LogP contribution in [0, 0.1) is 5.92 Å². The van der Waals surface area contributed by atoms with Gasteiger partial charge in [-0.1, -0.05) is 192 Å². The van der Waals surface area contributed by atoms with E-state index in [-0.39, 0.29) is 25.2 Å². The molecule has 0 amide bonds. The zero-order valence-corrected chi connectivity index (χ0v) is 35.6. The Morgan fingerprint density at radius 3 is 1.50 bits per heavy atom. The second kappa shape index (κ2) is 38.0. The Balaban J connectivity index is 1.82. The number of hydrogen-bond acceptors (Lipinski definition) is 6. The van der Waals surface area contributed by atoms with Crippen molar-refractivity contribution < 1.29 is 28.9 Å². The normalized spacial score (nSPS) is 16.8. The summed E-state index contributed by atoms with van der Waals surface area (Å²) in [5.41, 5.74) is 0. The Hall–Kier alpha value is -1.92. The van der Waals surface area contributed by atoms with Gasteiger partial charge in [0.15, 0.2) is 0 Å². The van der Waals surface area contributed by atoms with Crippen molar-refractivity contribution in [3.8, 4) is 0 Å². The van der Waals surface area contributed by atoms with Crippen molar-refractivity contribution in [3.05, 3.63) is 36.5 Å². The second-order valence-corrected chi connectivity index (χ2v) is 16.2. The lowest BCUT2D eigenvalue weighted by atomic mass is 9.99. The fraction of sp³-hybridized carbons (Fsp3) is 0.833. The van der Waals surface area contributed by atoms with Crippen LogP contribution in [0.2, 0.25) is 0 Å². The fourth-order valence-electron chi connectivity index (χ4n) is 6.80. The van der Waals surface area contributed by atoms with Crippen LogP contribution < -0.4 is 0 Å². The third-order valence-electron chi connectivity index (χ3n) is 10.8. The highest BCUT2D eigenvalue weighted by atomic mass is 16.6. The summed E-state index contributed by atoms with van der Waals surface area (Å²) in [5, 5.41) is 10.1. The largest absolute Gasteiger partial charge is 0.463 e. The number of allylic oxidation sites excluding steroid dienone is 4. The molecule has 0 aliphatic carbocycles. The van der Waals surface area contributed by atoms with E-state index in [4.69, 9.17) is 14.2 Å². The molecule has 1 rings (SSSR count). The van der Waals surface area contributed by atoms with Crippen LogP contribution in [0.1, 0.15) is 220 Å². The average Bonchev–Trinajstić information content (AvgIpc) is 3.93. The van der Waals surface area contributed by atoms with Crippen molar-refractivity contribution in [2.45, 2.75) is 238 Å². The fourth-order valence-corrected chi connectivity index (χ4v) is 6.80. The zero-order valence-electron chi connectivity index (χ0n) is 35.6. The first-order valence-corrected chi connectivity index (χ1v) is 23.1. The molecule has 0 spiro atoms. The summed E-state index contributed by atoms with van der Waals surface area (Å²) >= 11 is 0. The monoisotopic (exact) mass is 759 g/mol. The summed E-state index contributed by atoms with van der Waals surface area (Å²) in [6, 6.07) is 0. The molecule has 6 nitrogen and oxygen atoms in total. The number of aliphatic hydroxyl groups is 1. The first kappa shape index (κ1) is 50.1. The number of esters is 2. The minimum absolute atomic E-state index is 0.135. The lowest BCUT2D eigenvalue weighted by Gasteiger charge is -2.12. The van der Waals surface area contributed by atoms with Crippen LogP contribution in [0.25, 0.3) is 0 Å². The van der Waals surface area contributed by atoms with E-state index in [0.717, 1.165) is 50.9 Å². The van der Waals surface area contributed by atoms with Gasteiger partial charge in [-0.05, 0) is 57.3 Å². The molecule has 0 aromatic heterocycles. The summed E-state index contributed by atoms with van der Waals surface area (Å²) in [6.45, 7) is 6.63. The number of aliphatic hydroxyl groups excluding tert-OH is 1. The molecular formula is C48H86O6. The highest BCUT2D eigenvalue weighted by Crippen LogP contribution is 2.29. The minimum atomic E-state index is -0.991. The number of unbranched alkanes of at least 4 members (excludes halogenated alkanes) is 21. The summed E-state index contributed by atoms with van der Waals surface area (Å²) in [7, 11) is 0. The Labute approximate surface area is 333 Å². The summed E-state index contributed by atoms with van der Waals surface area (Å²) < 4.78 is 16.1. The Bertz CT molecular complexity index is 941. The van der Waals surface area contributed by atoms with Crippen LogP contribution in [0.4, 0.5) is 0 Å². The number of epoxide rings is 1. The Morgan fingerprint density at radius 2 is 0.981 bits per heavy atom. The standard InChI is InChI=1S/C48H86O6/c1-4-6-7-8-9-20-24-27-32-37-45-46(54-45)38-33-29-30-35-40-48(51)53-42-44(49)41-52-47(50)39-34-28-25-22-19-17-15-13-11-10-12-14-16-18-21-23-26-31-36-43(3)5-2/h9,20,27,29,32-33,43-46,49H,4-8,10-19,21-26,28,30-31,34-42H2,1-3H3/b20-9-,32-27-,33-29-/t43?,44-,45?,46?/m1/s1. The Kier molecular flexibility index (Phi) is 35.2. The van der Waals surface area contributed by atoms with E-state index in [0.29, 0.717) is 31.5 Å². The molecule has 3 unspecified atom stereocenters. The van der Waals surface area contributed by atoms with Gasteiger partial charge in [-0.25, -0.2) is 0 Å². The van der Waals surface area contributed by atoms with E-state index < -0.39 is 6.10 Å². The third-order valence-corrected chi connectivity index (χ3v) is 10.8. The van der Waals surface area contributed by atoms with Crippen molar-refractivity contribution >= 4 is 11.9 Å². The van der Waals surface area contributed by atoms with E-state index >= 15 is 0 Å². The molecule has 0 aromatic carbocycles. The molecule has 0 aromatic rings. The number of carbonyl (C=O) groups is 2. The lowest BCUT2D eigenvalue weighted by molar-refractivity contribution is -0.152. The first-order chi connectivity index (χ1) is 26.5. The van der Waals surface area contributed by atoms with Gasteiger partial charge in [0.1, 0.15) is 19.3 Å². The van der Waals surface area contributed by atoms with Gasteiger partial charge in [0.2, 0.25) is 0 Å². The molecule has 54 heavy (non-hydrogen) atoms. The van der Waals surface area contributed by atoms with E-state index in [1.807, 2.05) is 0 Å². The van der Waals surface area contributed by atoms with Gasteiger partial charge in [0, 0.05) is 12.8 Å². The van der Waals surface area contributed by atoms with Crippen LogP contribution in [-0.4, -0.2) is 48.6 Å². The molecular weight excluding hydrogens is 673 g/mol. The predicted octanol–water partition coefficient (Wildman–Crippen LogP) is 13.6. The zero-order chi connectivity index (χ0) is 39.2. The van der Waals surface area contributed by atoms with Gasteiger partial charge < -0.3 is 19.3 Å². The number of carbonyl (C=O) groups excluding carboxylic acids is 2. The maximum atomic E-state index is 12.0. The maximum Gasteiger partial charge on any atom is 0.305 e. The van der Waals surface area contributed by atoms with Crippen molar-refractivity contribution in [2.75, 3.05) is 13.2 Å². The lowest BCUT2D eigenvalue weighted by Crippen LogP contribution is -2.25. The van der Waals surface area contributed by atoms with Gasteiger partial charge in [0.25, 0.3) is 0 Å². The van der Waals surface area contributed by atoms with Crippen molar-refractivity contribution in [1.82, 2.24) is 0 Å². The molecule has 314 valence electrons. The predicted molar refractivity (Wildman–Crippen MR) is 228 cm³/mol. The molecule has 1 N–H and O–H groups in total. The first-order valence-electron chi connectivity index (χ1n) is 23.1. The molecule has 6 heteroatoms. The number of hydrogen-bond donors (Lipinski definition) is 1. The summed E-state index contributed by atoms with van der Waals surface area (Å²) in [6.07, 6.45) is 49.5. The van der Waals surface area contributed by atoms with E-state index in [2.05, 4.69) is 57.2 Å². The van der Waals surface area contributed by atoms with Gasteiger partial charge in [-0.3, -0.25) is 9.59 Å². The topological polar surface area (TPSA) is 85.4 Å². The van der Waals surface area contributed by atoms with Crippen LogP contribution in [0.5, 0.6) is 0 Å². The second-order valence-electron chi connectivity index (χ2n) is 16.2. The van der Waals surface area contributed by atoms with Crippen LogP contribution in [0.15, 0.2) is 36.5 Å². The highest BCUT2D eigenvalue weighted by molar-refractivity contribution is 5.69. The molecule has 0 radical (unpaired) electrons. The quantitative estimate of drug-likeness (QED) is 0.0290. The van der Waals surface area contributed by atoms with Crippen LogP contribution >= 0.6 is 0 Å². The molecule has 1 aliphatic rings. The van der Waals surface area contributed by atoms with Gasteiger partial charge in [-0.2, -0.15) is 0 Å². The van der Waals surface area contributed by atoms with Crippen LogP contribution in [0.3, 0.4) is 0 Å². The minimum Gasteiger partial charge on any atom is -0.463 e. The van der Waals surface area contributed by atoms with E-state index in [9.17, 15) is 14.7 Å². The smallest absolute Gasteiger partial charge is 0.305 e. The highest BCUT2D eigenvalue weighted by Gasteiger charge is 2.35. The van der Waals surface area contributed by atoms with Crippen molar-refractivity contribution in [2.24, 2.45) is 5.92 Å². The molecule has 1 heterocycles. The molecule has 0 bridgehead atoms. The third kappa shape index (κ3) is 34.6. The SMILES string of the molecule is CCCCC/C=C\C/C=C\CC1OC1C/C=C\CCCC(=O)OC[C@H](O)COC(=O)CCCCCCCCCCCCCCCCCCCCC(C)CC. The van der Waals surface area contributed by atoms with Gasteiger partial charge in [-0.15, -0.1) is 0 Å². The molecule has 1 fully saturated rings. The molecule has 4 atom stereocenters. The van der Waals surface area contributed by atoms with Crippen molar-refractivity contribution in [1.29, 1.82) is 0 Å². The van der Waals surface area contributed by atoms with E-state index in [1.54, 1.807) is 0 Å². The Morgan fingerprint density at radius 1 is 0.556 bits per heavy atom. The van der Waals surface area contributed by atoms with Crippen molar-refractivity contribution in [3.63, 3.8) is 0 Å². The molecule has 1 aliphatic heterocycles. The maximum absolute atomic E-state index is 12.0. The van der Waals surface area contributed by atoms with Crippen LogP contribution in [-0.2, 0) is 23.8 Å². The van der Waals surface area contributed by atoms with Gasteiger partial charge >= 0.3 is 11.9 Å². The average molecular weight is 759 g/mol. The summed E-state index contributed by atoms with van der Waals surface area (Å²) in [4.78, 5) is 24.1. The van der Waals surface area contributed by atoms with Gasteiger partial charge in [0.05, 0.1) is 12.2 Å². The molecule has 1 saturated heterocycles. The van der Waals surface area contributed by atoms with E-state index in [1.165, 1.54) is 135 Å².